The summed E-state index contributed by atoms with van der Waals surface area (Å²) in [5.41, 5.74) is 0. The summed E-state index contributed by atoms with van der Waals surface area (Å²) < 4.78 is 0. The summed E-state index contributed by atoms with van der Waals surface area (Å²) in [6.07, 6.45) is 17.0. The molecule has 190 valence electrons. The number of amides is 1. The second kappa shape index (κ2) is 21.9. The molecule has 0 aliphatic carbocycles. The molecule has 4 unspecified atom stereocenters. The van der Waals surface area contributed by atoms with Gasteiger partial charge in [0.05, 0.1) is 18.8 Å². The summed E-state index contributed by atoms with van der Waals surface area (Å²) in [6.45, 7) is 3.86. The van der Waals surface area contributed by atoms with Gasteiger partial charge >= 0.3 is 0 Å². The van der Waals surface area contributed by atoms with E-state index in [1.54, 1.807) is 0 Å². The first-order valence-electron chi connectivity index (χ1n) is 13.1. The summed E-state index contributed by atoms with van der Waals surface area (Å²) >= 11 is 0. The van der Waals surface area contributed by atoms with Crippen LogP contribution in [0.5, 0.6) is 0 Å². The number of hydrogen-bond acceptors (Lipinski definition) is 5. The minimum Gasteiger partial charge on any atom is -0.394 e. The van der Waals surface area contributed by atoms with Crippen molar-refractivity contribution in [3.05, 3.63) is 12.2 Å². The van der Waals surface area contributed by atoms with E-state index in [9.17, 15) is 25.2 Å². The molecule has 0 saturated carbocycles. The Morgan fingerprint density at radius 3 is 1.84 bits per heavy atom. The van der Waals surface area contributed by atoms with Crippen LogP contribution < -0.4 is 5.32 Å². The van der Waals surface area contributed by atoms with Crippen molar-refractivity contribution in [3.63, 3.8) is 0 Å². The van der Waals surface area contributed by atoms with E-state index in [0.29, 0.717) is 12.8 Å². The van der Waals surface area contributed by atoms with Gasteiger partial charge in [0.25, 0.3) is 0 Å². The molecule has 0 aliphatic heterocycles. The summed E-state index contributed by atoms with van der Waals surface area (Å²) in [7, 11) is 0. The van der Waals surface area contributed by atoms with Gasteiger partial charge in [-0.25, -0.2) is 0 Å². The van der Waals surface area contributed by atoms with Crippen LogP contribution in [0.15, 0.2) is 12.2 Å². The predicted molar refractivity (Wildman–Crippen MR) is 131 cm³/mol. The van der Waals surface area contributed by atoms with E-state index in [-0.39, 0.29) is 0 Å². The molecule has 1 amide bonds. The molecule has 0 aliphatic rings. The zero-order valence-electron chi connectivity index (χ0n) is 20.7. The number of carbonyl (C=O) groups is 1. The summed E-state index contributed by atoms with van der Waals surface area (Å²) in [6, 6.07) is -0.980. The molecular weight excluding hydrogens is 406 g/mol. The molecule has 0 aromatic heterocycles. The predicted octanol–water partition coefficient (Wildman–Crippen LogP) is 4.38. The molecule has 5 N–H and O–H groups in total. The molecule has 0 aromatic rings. The molecule has 6 heteroatoms. The van der Waals surface area contributed by atoms with Crippen LogP contribution in [0.25, 0.3) is 0 Å². The van der Waals surface area contributed by atoms with Gasteiger partial charge in [-0.15, -0.1) is 0 Å². The number of aliphatic hydroxyl groups excluding tert-OH is 4. The van der Waals surface area contributed by atoms with E-state index >= 15 is 0 Å². The van der Waals surface area contributed by atoms with Gasteiger partial charge in [-0.2, -0.15) is 0 Å². The minimum absolute atomic E-state index is 0.354. The van der Waals surface area contributed by atoms with Crippen LogP contribution >= 0.6 is 0 Å². The average molecular weight is 458 g/mol. The largest absolute Gasteiger partial charge is 0.394 e. The topological polar surface area (TPSA) is 110 Å². The Kier molecular flexibility index (Phi) is 21.2. The number of hydrogen-bond donors (Lipinski definition) is 5. The molecule has 0 radical (unpaired) electrons. The number of aliphatic hydroxyl groups is 4. The van der Waals surface area contributed by atoms with Gasteiger partial charge in [-0.1, -0.05) is 90.2 Å². The zero-order valence-corrected chi connectivity index (χ0v) is 20.7. The minimum atomic E-state index is -1.25. The smallest absolute Gasteiger partial charge is 0.249 e. The molecule has 0 fully saturated rings. The van der Waals surface area contributed by atoms with E-state index in [4.69, 9.17) is 0 Å². The summed E-state index contributed by atoms with van der Waals surface area (Å²) in [5.74, 6) is -0.603. The molecule has 4 atom stereocenters. The Hall–Kier alpha value is -0.950. The molecule has 0 aromatic carbocycles. The van der Waals surface area contributed by atoms with Crippen LogP contribution in [0.2, 0.25) is 0 Å². The second-order valence-electron chi connectivity index (χ2n) is 9.03. The summed E-state index contributed by atoms with van der Waals surface area (Å²) in [5, 5.41) is 42.6. The fourth-order valence-corrected chi connectivity index (χ4v) is 3.75. The Morgan fingerprint density at radius 1 is 0.750 bits per heavy atom. The Labute approximate surface area is 196 Å². The first-order chi connectivity index (χ1) is 15.5. The van der Waals surface area contributed by atoms with Crippen LogP contribution in [0.1, 0.15) is 117 Å². The molecule has 0 heterocycles. The highest BCUT2D eigenvalue weighted by molar-refractivity contribution is 5.80. The van der Waals surface area contributed by atoms with Gasteiger partial charge in [-0.05, 0) is 38.5 Å². The highest BCUT2D eigenvalue weighted by Crippen LogP contribution is 2.13. The van der Waals surface area contributed by atoms with Crippen molar-refractivity contribution in [2.24, 2.45) is 0 Å². The summed E-state index contributed by atoms with van der Waals surface area (Å²) in [4.78, 5) is 12.2. The van der Waals surface area contributed by atoms with E-state index in [0.717, 1.165) is 70.6 Å². The maximum atomic E-state index is 12.2. The van der Waals surface area contributed by atoms with Crippen LogP contribution in [-0.4, -0.2) is 57.3 Å². The molecule has 0 spiro atoms. The molecule has 0 bridgehead atoms. The van der Waals surface area contributed by atoms with Crippen molar-refractivity contribution in [2.45, 2.75) is 141 Å². The third-order valence-electron chi connectivity index (χ3n) is 5.98. The first kappa shape index (κ1) is 31.0. The van der Waals surface area contributed by atoms with Crippen LogP contribution in [0, 0.1) is 0 Å². The fraction of sp³-hybridized carbons (Fsp3) is 0.885. The van der Waals surface area contributed by atoms with Gasteiger partial charge in [0.15, 0.2) is 0 Å². The van der Waals surface area contributed by atoms with E-state index in [1.165, 1.54) is 19.3 Å². The lowest BCUT2D eigenvalue weighted by Crippen LogP contribution is -2.53. The SMILES string of the molecule is CCCCC/C=C\CCCCCCC(O)C(=O)NC(CO)C(O)C(O)CCCCCCC. The van der Waals surface area contributed by atoms with Gasteiger partial charge in [-0.3, -0.25) is 4.79 Å². The van der Waals surface area contributed by atoms with Crippen molar-refractivity contribution in [1.82, 2.24) is 5.32 Å². The molecular formula is C26H51NO5. The average Bonchev–Trinajstić information content (AvgIpc) is 2.79. The lowest BCUT2D eigenvalue weighted by Gasteiger charge is -2.27. The standard InChI is InChI=1S/C26H51NO5/c1-3-5-7-9-10-11-12-13-14-16-18-20-24(30)26(32)27-22(21-28)25(31)23(29)19-17-15-8-6-4-2/h10-11,22-25,28-31H,3-9,12-21H2,1-2H3,(H,27,32)/b11-10-. The number of unbranched alkanes of at least 4 members (excludes halogenated alkanes) is 11. The third kappa shape index (κ3) is 16.7. The first-order valence-corrected chi connectivity index (χ1v) is 13.1. The van der Waals surface area contributed by atoms with Crippen molar-refractivity contribution in [2.75, 3.05) is 6.61 Å². The quantitative estimate of drug-likeness (QED) is 0.122. The number of carbonyl (C=O) groups excluding carboxylic acids is 1. The highest BCUT2D eigenvalue weighted by Gasteiger charge is 2.28. The van der Waals surface area contributed by atoms with E-state index in [1.807, 2.05) is 0 Å². The lowest BCUT2D eigenvalue weighted by atomic mass is 9.99. The van der Waals surface area contributed by atoms with Crippen LogP contribution in [0.3, 0.4) is 0 Å². The van der Waals surface area contributed by atoms with Crippen molar-refractivity contribution in [1.29, 1.82) is 0 Å². The normalized spacial score (nSPS) is 15.6. The molecule has 0 rings (SSSR count). The number of allylic oxidation sites excluding steroid dienone is 2. The fourth-order valence-electron chi connectivity index (χ4n) is 3.75. The Balaban J connectivity index is 3.99. The van der Waals surface area contributed by atoms with Gasteiger partial charge < -0.3 is 25.7 Å². The van der Waals surface area contributed by atoms with Crippen LogP contribution in [-0.2, 0) is 4.79 Å². The van der Waals surface area contributed by atoms with Crippen molar-refractivity contribution in [3.8, 4) is 0 Å². The highest BCUT2D eigenvalue weighted by atomic mass is 16.3. The lowest BCUT2D eigenvalue weighted by molar-refractivity contribution is -0.132. The Bertz CT molecular complexity index is 457. The second-order valence-corrected chi connectivity index (χ2v) is 9.03. The van der Waals surface area contributed by atoms with Gasteiger partial charge in [0, 0.05) is 0 Å². The maximum Gasteiger partial charge on any atom is 0.249 e. The van der Waals surface area contributed by atoms with E-state index < -0.39 is 36.9 Å². The third-order valence-corrected chi connectivity index (χ3v) is 5.98. The number of rotatable bonds is 22. The molecule has 0 saturated heterocycles. The van der Waals surface area contributed by atoms with Gasteiger partial charge in [0.2, 0.25) is 5.91 Å². The number of nitrogens with one attached hydrogen (secondary N) is 1. The zero-order chi connectivity index (χ0) is 24.0. The van der Waals surface area contributed by atoms with Gasteiger partial charge in [0.1, 0.15) is 12.2 Å². The molecule has 32 heavy (non-hydrogen) atoms. The Morgan fingerprint density at radius 2 is 1.25 bits per heavy atom. The molecule has 6 nitrogen and oxygen atoms in total. The van der Waals surface area contributed by atoms with E-state index in [2.05, 4.69) is 31.3 Å². The van der Waals surface area contributed by atoms with Crippen LogP contribution in [0.4, 0.5) is 0 Å². The maximum absolute atomic E-state index is 12.2. The van der Waals surface area contributed by atoms with Crippen molar-refractivity contribution >= 4 is 5.91 Å². The monoisotopic (exact) mass is 457 g/mol. The van der Waals surface area contributed by atoms with Crippen molar-refractivity contribution < 1.29 is 25.2 Å².